The van der Waals surface area contributed by atoms with Gasteiger partial charge in [-0.25, -0.2) is 0 Å². The molecule has 0 spiro atoms. The van der Waals surface area contributed by atoms with E-state index in [0.717, 1.165) is 24.5 Å². The molecule has 1 aliphatic rings. The van der Waals surface area contributed by atoms with Crippen molar-refractivity contribution in [2.75, 3.05) is 12.3 Å². The lowest BCUT2D eigenvalue weighted by molar-refractivity contribution is 0.0977. The van der Waals surface area contributed by atoms with Gasteiger partial charge in [0.25, 0.3) is 5.91 Å². The first kappa shape index (κ1) is 11.2. The molecule has 1 amide bonds. The van der Waals surface area contributed by atoms with E-state index in [1.165, 1.54) is 0 Å². The fourth-order valence-electron chi connectivity index (χ4n) is 1.48. The Morgan fingerprint density at radius 2 is 2.50 bits per heavy atom. The summed E-state index contributed by atoms with van der Waals surface area (Å²) in [5.74, 6) is 0.827. The number of aromatic nitrogens is 2. The predicted octanol–water partition coefficient (Wildman–Crippen LogP) is 1.04. The standard InChI is InChI=1S/C10H14N4OS/c1-3-14-6-8(7(2)13-14)9(15)12-10-11-4-5-16-10/h6H,3-5H2,1-2H3,(H,11,12,15). The number of amides is 1. The number of aliphatic imine (C=N–C) groups is 1. The van der Waals surface area contributed by atoms with E-state index in [2.05, 4.69) is 15.4 Å². The molecular formula is C10H14N4OS. The molecule has 0 saturated carbocycles. The summed E-state index contributed by atoms with van der Waals surface area (Å²) in [6.07, 6.45) is 1.77. The van der Waals surface area contributed by atoms with Gasteiger partial charge in [-0.2, -0.15) is 5.10 Å². The minimum atomic E-state index is -0.120. The summed E-state index contributed by atoms with van der Waals surface area (Å²) < 4.78 is 1.76. The van der Waals surface area contributed by atoms with Crippen LogP contribution < -0.4 is 5.32 Å². The van der Waals surface area contributed by atoms with E-state index in [9.17, 15) is 4.79 Å². The molecule has 6 heteroatoms. The molecule has 0 aromatic carbocycles. The Hall–Kier alpha value is -1.30. The van der Waals surface area contributed by atoms with Crippen molar-refractivity contribution in [3.8, 4) is 0 Å². The highest BCUT2D eigenvalue weighted by Gasteiger charge is 2.16. The lowest BCUT2D eigenvalue weighted by Crippen LogP contribution is -2.27. The average molecular weight is 238 g/mol. The van der Waals surface area contributed by atoms with Crippen molar-refractivity contribution in [1.29, 1.82) is 0 Å². The summed E-state index contributed by atoms with van der Waals surface area (Å²) >= 11 is 1.57. The van der Waals surface area contributed by atoms with Crippen LogP contribution in [-0.4, -0.2) is 33.2 Å². The van der Waals surface area contributed by atoms with Crippen molar-refractivity contribution in [2.45, 2.75) is 20.4 Å². The van der Waals surface area contributed by atoms with Gasteiger partial charge in [-0.3, -0.25) is 14.5 Å². The summed E-state index contributed by atoms with van der Waals surface area (Å²) in [6, 6.07) is 0. The molecule has 0 saturated heterocycles. The number of rotatable bonds is 2. The third-order valence-electron chi connectivity index (χ3n) is 2.32. The van der Waals surface area contributed by atoms with E-state index in [1.54, 1.807) is 22.6 Å². The topological polar surface area (TPSA) is 59.3 Å². The molecule has 1 aromatic heterocycles. The van der Waals surface area contributed by atoms with Crippen molar-refractivity contribution in [1.82, 2.24) is 15.1 Å². The lowest BCUT2D eigenvalue weighted by atomic mass is 10.2. The van der Waals surface area contributed by atoms with E-state index in [-0.39, 0.29) is 5.91 Å². The predicted molar refractivity (Wildman–Crippen MR) is 64.9 cm³/mol. The van der Waals surface area contributed by atoms with Crippen molar-refractivity contribution >= 4 is 22.8 Å². The maximum absolute atomic E-state index is 11.9. The van der Waals surface area contributed by atoms with E-state index in [1.807, 2.05) is 13.8 Å². The molecule has 0 fully saturated rings. The van der Waals surface area contributed by atoms with E-state index < -0.39 is 0 Å². The number of hydrogen-bond donors (Lipinski definition) is 1. The second kappa shape index (κ2) is 4.69. The largest absolute Gasteiger partial charge is 0.301 e. The van der Waals surface area contributed by atoms with Crippen LogP contribution in [0.1, 0.15) is 23.0 Å². The highest BCUT2D eigenvalue weighted by molar-refractivity contribution is 8.14. The summed E-state index contributed by atoms with van der Waals surface area (Å²) in [4.78, 5) is 16.1. The van der Waals surface area contributed by atoms with E-state index in [4.69, 9.17) is 0 Å². The van der Waals surface area contributed by atoms with Gasteiger partial charge in [0.05, 0.1) is 17.8 Å². The quantitative estimate of drug-likeness (QED) is 0.837. The van der Waals surface area contributed by atoms with Crippen LogP contribution in [0.2, 0.25) is 0 Å². The first-order valence-corrected chi connectivity index (χ1v) is 6.22. The van der Waals surface area contributed by atoms with Crippen LogP contribution in [0.5, 0.6) is 0 Å². The van der Waals surface area contributed by atoms with Gasteiger partial charge in [-0.05, 0) is 13.8 Å². The zero-order valence-electron chi connectivity index (χ0n) is 9.36. The number of amidine groups is 1. The molecule has 1 N–H and O–H groups in total. The lowest BCUT2D eigenvalue weighted by Gasteiger charge is -2.01. The molecule has 5 nitrogen and oxygen atoms in total. The Labute approximate surface area is 98.3 Å². The highest BCUT2D eigenvalue weighted by Crippen LogP contribution is 2.11. The minimum absolute atomic E-state index is 0.120. The normalized spacial score (nSPS) is 15.0. The van der Waals surface area contributed by atoms with Gasteiger partial charge in [-0.1, -0.05) is 11.8 Å². The van der Waals surface area contributed by atoms with Gasteiger partial charge in [-0.15, -0.1) is 0 Å². The zero-order valence-corrected chi connectivity index (χ0v) is 10.2. The van der Waals surface area contributed by atoms with Gasteiger partial charge in [0.2, 0.25) is 0 Å². The number of hydrogen-bond acceptors (Lipinski definition) is 4. The van der Waals surface area contributed by atoms with Crippen LogP contribution in [0, 0.1) is 6.92 Å². The van der Waals surface area contributed by atoms with Crippen molar-refractivity contribution in [3.63, 3.8) is 0 Å². The van der Waals surface area contributed by atoms with Gasteiger partial charge in [0.1, 0.15) is 0 Å². The highest BCUT2D eigenvalue weighted by atomic mass is 32.2. The second-order valence-electron chi connectivity index (χ2n) is 3.47. The Morgan fingerprint density at radius 1 is 1.69 bits per heavy atom. The van der Waals surface area contributed by atoms with Crippen LogP contribution >= 0.6 is 11.8 Å². The molecule has 0 atom stereocenters. The summed E-state index contributed by atoms with van der Waals surface area (Å²) in [5.41, 5.74) is 1.37. The molecule has 86 valence electrons. The summed E-state index contributed by atoms with van der Waals surface area (Å²) in [6.45, 7) is 5.38. The Balaban J connectivity index is 2.10. The van der Waals surface area contributed by atoms with Crippen LogP contribution in [0.3, 0.4) is 0 Å². The Morgan fingerprint density at radius 3 is 3.06 bits per heavy atom. The minimum Gasteiger partial charge on any atom is -0.301 e. The molecule has 1 aliphatic heterocycles. The molecule has 2 rings (SSSR count). The Bertz CT molecular complexity index is 438. The molecule has 0 bridgehead atoms. The zero-order chi connectivity index (χ0) is 11.5. The van der Waals surface area contributed by atoms with Crippen LogP contribution in [0.4, 0.5) is 0 Å². The Kier molecular flexibility index (Phi) is 3.28. The summed E-state index contributed by atoms with van der Waals surface area (Å²) in [7, 11) is 0. The van der Waals surface area contributed by atoms with Crippen LogP contribution in [0.15, 0.2) is 11.2 Å². The number of carbonyl (C=O) groups excluding carboxylic acids is 1. The molecule has 0 aliphatic carbocycles. The first-order valence-electron chi connectivity index (χ1n) is 5.23. The smallest absolute Gasteiger partial charge is 0.260 e. The maximum atomic E-state index is 11.9. The molecule has 0 radical (unpaired) electrons. The number of carbonyl (C=O) groups is 1. The number of aryl methyl sites for hydroxylation is 2. The third-order valence-corrected chi connectivity index (χ3v) is 3.21. The van der Waals surface area contributed by atoms with Crippen molar-refractivity contribution < 1.29 is 4.79 Å². The van der Waals surface area contributed by atoms with E-state index >= 15 is 0 Å². The number of nitrogens with one attached hydrogen (secondary N) is 1. The molecule has 1 aromatic rings. The van der Waals surface area contributed by atoms with E-state index in [0.29, 0.717) is 10.7 Å². The molecule has 0 unspecified atom stereocenters. The van der Waals surface area contributed by atoms with Crippen LogP contribution in [-0.2, 0) is 6.54 Å². The fourth-order valence-corrected chi connectivity index (χ4v) is 2.20. The van der Waals surface area contributed by atoms with Gasteiger partial charge < -0.3 is 5.32 Å². The van der Waals surface area contributed by atoms with Crippen molar-refractivity contribution in [2.24, 2.45) is 4.99 Å². The van der Waals surface area contributed by atoms with Gasteiger partial charge in [0.15, 0.2) is 5.17 Å². The van der Waals surface area contributed by atoms with Gasteiger partial charge in [0, 0.05) is 18.5 Å². The molecule has 16 heavy (non-hydrogen) atoms. The van der Waals surface area contributed by atoms with Gasteiger partial charge >= 0.3 is 0 Å². The SMILES string of the molecule is CCn1cc(C(=O)NC2=NCCS2)c(C)n1. The summed E-state index contributed by atoms with van der Waals surface area (Å²) in [5, 5.41) is 7.74. The maximum Gasteiger partial charge on any atom is 0.260 e. The molecule has 2 heterocycles. The number of thioether (sulfide) groups is 1. The number of nitrogens with zero attached hydrogens (tertiary/aromatic N) is 3. The average Bonchev–Trinajstić information content (AvgIpc) is 2.87. The van der Waals surface area contributed by atoms with Crippen LogP contribution in [0.25, 0.3) is 0 Å². The monoisotopic (exact) mass is 238 g/mol. The fraction of sp³-hybridized carbons (Fsp3) is 0.500. The molecular weight excluding hydrogens is 224 g/mol. The first-order chi connectivity index (χ1) is 7.70. The second-order valence-corrected chi connectivity index (χ2v) is 4.56. The van der Waals surface area contributed by atoms with Crippen molar-refractivity contribution in [3.05, 3.63) is 17.5 Å². The third kappa shape index (κ3) is 2.27.